The van der Waals surface area contributed by atoms with Crippen LogP contribution in [0.4, 0.5) is 43.7 Å². The Balaban J connectivity index is 1.33. The molecule has 24 heteroatoms. The molecule has 0 radical (unpaired) electrons. The van der Waals surface area contributed by atoms with Gasteiger partial charge < -0.3 is 20.1 Å². The lowest BCUT2D eigenvalue weighted by Crippen LogP contribution is -2.16. The number of nitrogens with zero attached hydrogens (tertiary/aromatic N) is 8. The van der Waals surface area contributed by atoms with Crippen LogP contribution < -0.4 is 21.3 Å². The minimum Gasteiger partial charge on any atom is -0.449 e. The lowest BCUT2D eigenvalue weighted by Gasteiger charge is -2.07. The van der Waals surface area contributed by atoms with Crippen LogP contribution in [-0.4, -0.2) is 109 Å². The van der Waals surface area contributed by atoms with E-state index in [9.17, 15) is 50.0 Å². The number of nitro benzene ring substituents is 4. The molecule has 2 aromatic carbocycles. The van der Waals surface area contributed by atoms with Crippen LogP contribution in [0.1, 0.15) is 25.7 Å². The minimum atomic E-state index is -0.902. The fraction of sp³-hybridized carbons (Fsp3) is 0.353. The maximum atomic E-state index is 12.1. The predicted octanol–water partition coefficient (Wildman–Crippen LogP) is 4.92. The molecule has 1 aliphatic heterocycles. The molecule has 0 unspecified atom stereocenters. The highest BCUT2D eigenvalue weighted by atomic mass is 16.6. The quantitative estimate of drug-likeness (QED) is 0.0882. The Kier molecular flexibility index (Phi) is 19.0. The molecule has 3 rings (SSSR count). The lowest BCUT2D eigenvalue weighted by molar-refractivity contribution is -0.394. The molecular weight excluding hydrogens is 768 g/mol. The van der Waals surface area contributed by atoms with Gasteiger partial charge in [0.2, 0.25) is 0 Å². The number of carbonyl (C=O) groups is 2. The minimum absolute atomic E-state index is 0.0456. The topological polar surface area (TPSA) is 323 Å². The van der Waals surface area contributed by atoms with E-state index in [1.165, 1.54) is 0 Å². The molecule has 0 saturated heterocycles. The van der Waals surface area contributed by atoms with Crippen LogP contribution >= 0.6 is 0 Å². The Bertz CT molecular complexity index is 1740. The number of amides is 2. The Hall–Kier alpha value is -7.66. The highest BCUT2D eigenvalue weighted by molar-refractivity contribution is 6.04. The van der Waals surface area contributed by atoms with Gasteiger partial charge in [0.05, 0.1) is 82.6 Å². The van der Waals surface area contributed by atoms with Gasteiger partial charge in [-0.2, -0.15) is 0 Å². The van der Waals surface area contributed by atoms with Gasteiger partial charge in [-0.1, -0.05) is 0 Å². The molecule has 0 aromatic heterocycles. The second kappa shape index (κ2) is 24.7. The summed E-state index contributed by atoms with van der Waals surface area (Å²) in [6.07, 6.45) is 10.6. The predicted molar refractivity (Wildman–Crippen MR) is 214 cm³/mol. The van der Waals surface area contributed by atoms with E-state index >= 15 is 0 Å². The first-order chi connectivity index (χ1) is 27.9. The largest absolute Gasteiger partial charge is 0.449 e. The molecule has 2 amide bonds. The second-order valence-electron chi connectivity index (χ2n) is 11.8. The van der Waals surface area contributed by atoms with Crippen LogP contribution in [0.2, 0.25) is 0 Å². The number of nitro groups is 4. The first kappa shape index (κ1) is 44.7. The number of nitrogens with one attached hydrogen (secondary N) is 4. The van der Waals surface area contributed by atoms with E-state index in [2.05, 4.69) is 41.2 Å². The average molecular weight is 809 g/mol. The maximum absolute atomic E-state index is 12.1. The number of anilines is 2. The van der Waals surface area contributed by atoms with E-state index in [0.29, 0.717) is 65.0 Å². The number of carbonyl (C=O) groups excluding carboxylic acids is 2. The van der Waals surface area contributed by atoms with Crippen LogP contribution in [0.25, 0.3) is 0 Å². The molecule has 0 bridgehead atoms. The van der Waals surface area contributed by atoms with E-state index in [0.717, 1.165) is 47.5 Å². The van der Waals surface area contributed by atoms with E-state index < -0.39 is 54.6 Å². The van der Waals surface area contributed by atoms with Crippen molar-refractivity contribution >= 4 is 71.2 Å². The first-order valence-electron chi connectivity index (χ1n) is 17.5. The van der Waals surface area contributed by atoms with Crippen molar-refractivity contribution in [2.45, 2.75) is 25.7 Å². The summed E-state index contributed by atoms with van der Waals surface area (Å²) in [6.45, 7) is 2.81. The Labute approximate surface area is 329 Å². The third-order valence-corrected chi connectivity index (χ3v) is 7.25. The zero-order valence-electron chi connectivity index (χ0n) is 30.9. The zero-order valence-corrected chi connectivity index (χ0v) is 30.9. The molecule has 308 valence electrons. The molecule has 0 aliphatic carbocycles. The summed E-state index contributed by atoms with van der Waals surface area (Å²) in [5.41, 5.74) is -0.997. The smallest absolute Gasteiger partial charge is 0.411 e. The first-order valence-corrected chi connectivity index (χ1v) is 17.5. The highest BCUT2D eigenvalue weighted by Gasteiger charge is 2.19. The van der Waals surface area contributed by atoms with Gasteiger partial charge >= 0.3 is 12.2 Å². The van der Waals surface area contributed by atoms with Crippen molar-refractivity contribution in [2.75, 3.05) is 63.1 Å². The van der Waals surface area contributed by atoms with Crippen molar-refractivity contribution in [3.63, 3.8) is 0 Å². The number of aliphatic imine (C=N–C) groups is 4. The van der Waals surface area contributed by atoms with Gasteiger partial charge in [0.15, 0.2) is 0 Å². The third kappa shape index (κ3) is 17.7. The number of hydrogen-bond acceptors (Lipinski definition) is 18. The monoisotopic (exact) mass is 808 g/mol. The summed E-state index contributed by atoms with van der Waals surface area (Å²) in [4.78, 5) is 82.6. The summed E-state index contributed by atoms with van der Waals surface area (Å²) in [7, 11) is 0. The zero-order chi connectivity index (χ0) is 42.1. The summed E-state index contributed by atoms with van der Waals surface area (Å²) in [6, 6.07) is 5.55. The molecule has 1 aliphatic rings. The van der Waals surface area contributed by atoms with Gasteiger partial charge in [-0.15, -0.1) is 0 Å². The van der Waals surface area contributed by atoms with Crippen molar-refractivity contribution in [3.05, 3.63) is 100 Å². The van der Waals surface area contributed by atoms with Crippen LogP contribution in [0.15, 0.2) is 79.9 Å². The van der Waals surface area contributed by atoms with Gasteiger partial charge in [0.25, 0.3) is 22.7 Å². The Morgan fingerprint density at radius 3 is 1.14 bits per heavy atom. The van der Waals surface area contributed by atoms with E-state index in [-0.39, 0.29) is 24.6 Å². The molecular formula is C34H40N12O12. The molecule has 0 atom stereocenters. The molecule has 58 heavy (non-hydrogen) atoms. The van der Waals surface area contributed by atoms with Crippen molar-refractivity contribution in [3.8, 4) is 0 Å². The number of benzene rings is 2. The number of non-ortho nitro benzene ring substituents is 4. The number of allylic oxidation sites excluding steroid dienone is 2. The molecule has 0 fully saturated rings. The van der Waals surface area contributed by atoms with Crippen molar-refractivity contribution in [1.29, 1.82) is 0 Å². The van der Waals surface area contributed by atoms with Crippen LogP contribution in [0, 0.1) is 40.5 Å². The van der Waals surface area contributed by atoms with Crippen LogP contribution in [-0.2, 0) is 9.47 Å². The van der Waals surface area contributed by atoms with Crippen molar-refractivity contribution in [2.24, 2.45) is 20.0 Å². The summed E-state index contributed by atoms with van der Waals surface area (Å²) in [5, 5.41) is 54.9. The maximum Gasteiger partial charge on any atom is 0.411 e. The van der Waals surface area contributed by atoms with E-state index in [1.54, 1.807) is 37.3 Å². The van der Waals surface area contributed by atoms with E-state index in [1.807, 2.05) is 0 Å². The van der Waals surface area contributed by atoms with Crippen molar-refractivity contribution in [1.82, 2.24) is 10.6 Å². The highest BCUT2D eigenvalue weighted by Crippen LogP contribution is 2.27. The molecule has 0 saturated carbocycles. The second-order valence-corrected chi connectivity index (χ2v) is 11.8. The SMILES string of the molecule is O=C(Nc1cc([N+](=O)[O-])cc([N+](=O)[O-])c1)OCCCCNC=C1C=NCCN=CC(=CNCCCCOC(=O)Nc2cc([N+](=O)[O-])cc([N+](=O)[O-])c2)C=NCCN=C1. The van der Waals surface area contributed by atoms with Crippen molar-refractivity contribution < 1.29 is 38.8 Å². The van der Waals surface area contributed by atoms with Crippen LogP contribution in [0.5, 0.6) is 0 Å². The fourth-order valence-corrected chi connectivity index (χ4v) is 4.56. The average Bonchev–Trinajstić information content (AvgIpc) is 3.18. The van der Waals surface area contributed by atoms with E-state index in [4.69, 9.17) is 9.47 Å². The van der Waals surface area contributed by atoms with Gasteiger partial charge in [0, 0.05) is 85.8 Å². The number of ether oxygens (including phenoxy) is 2. The lowest BCUT2D eigenvalue weighted by atomic mass is 10.2. The molecule has 24 nitrogen and oxygen atoms in total. The number of hydrogen-bond donors (Lipinski definition) is 4. The van der Waals surface area contributed by atoms with Crippen LogP contribution in [0.3, 0.4) is 0 Å². The molecule has 4 N–H and O–H groups in total. The molecule has 0 spiro atoms. The number of unbranched alkanes of at least 4 members (excludes halogenated alkanes) is 2. The third-order valence-electron chi connectivity index (χ3n) is 7.25. The molecule has 2 aromatic rings. The number of rotatable bonds is 18. The van der Waals surface area contributed by atoms with Gasteiger partial charge in [0.1, 0.15) is 0 Å². The Morgan fingerprint density at radius 2 is 0.845 bits per heavy atom. The fourth-order valence-electron chi connectivity index (χ4n) is 4.56. The van der Waals surface area contributed by atoms with Gasteiger partial charge in [-0.3, -0.25) is 71.1 Å². The molecule has 1 heterocycles. The van der Waals surface area contributed by atoms with Gasteiger partial charge in [-0.25, -0.2) is 9.59 Å². The normalized spacial score (nSPS) is 12.8. The van der Waals surface area contributed by atoms with Gasteiger partial charge in [-0.05, 0) is 25.7 Å². The summed E-state index contributed by atoms with van der Waals surface area (Å²) >= 11 is 0. The standard InChI is InChI=1S/C34H40N12O12/c47-33(41-27-13-29(43(49)50)17-30(14-27)44(51)52)57-11-3-1-5-35-19-25-21-37-7-9-39-23-26(24-40-10-8-38-22-25)20-36-6-2-4-12-58-34(48)42-28-15-31(45(53)54)18-32(16-28)46(55)56/h13-24,35-36H,1-12H2,(H,41,47)(H,42,48). The summed E-state index contributed by atoms with van der Waals surface area (Å²) in [5.74, 6) is 0. The summed E-state index contributed by atoms with van der Waals surface area (Å²) < 4.78 is 10.1. The Morgan fingerprint density at radius 1 is 0.534 bits per heavy atom.